The van der Waals surface area contributed by atoms with E-state index in [0.29, 0.717) is 12.0 Å². The Morgan fingerprint density at radius 2 is 2.40 bits per heavy atom. The predicted octanol–water partition coefficient (Wildman–Crippen LogP) is 1.82. The van der Waals surface area contributed by atoms with Crippen LogP contribution in [0.5, 0.6) is 0 Å². The van der Waals surface area contributed by atoms with Gasteiger partial charge in [-0.15, -0.1) is 0 Å². The smallest absolute Gasteiger partial charge is 0.0576 e. The Morgan fingerprint density at radius 3 is 3.07 bits per heavy atom. The van der Waals surface area contributed by atoms with Gasteiger partial charge in [0.25, 0.3) is 0 Å². The molecule has 0 spiro atoms. The fraction of sp³-hybridized carbons (Fsp3) is 1.00. The maximum atomic E-state index is 5.57. The van der Waals surface area contributed by atoms with Gasteiger partial charge in [0.2, 0.25) is 0 Å². The van der Waals surface area contributed by atoms with E-state index in [2.05, 4.69) is 12.2 Å². The second-order valence-corrected chi connectivity index (χ2v) is 4.54. The topological polar surface area (TPSA) is 30.5 Å². The molecule has 0 aromatic rings. The minimum atomic E-state index is 0.545. The van der Waals surface area contributed by atoms with Crippen molar-refractivity contribution in [1.82, 2.24) is 5.32 Å². The van der Waals surface area contributed by atoms with E-state index in [9.17, 15) is 0 Å². The fourth-order valence-electron chi connectivity index (χ4n) is 2.02. The summed E-state index contributed by atoms with van der Waals surface area (Å²) >= 11 is 0. The summed E-state index contributed by atoms with van der Waals surface area (Å²) in [5.74, 6) is 0.609. The zero-order valence-electron chi connectivity index (χ0n) is 10.1. The van der Waals surface area contributed by atoms with Crippen molar-refractivity contribution in [2.75, 3.05) is 33.4 Å². The summed E-state index contributed by atoms with van der Waals surface area (Å²) in [6, 6.07) is 0. The van der Waals surface area contributed by atoms with Gasteiger partial charge in [-0.05, 0) is 44.7 Å². The van der Waals surface area contributed by atoms with Crippen molar-refractivity contribution >= 4 is 0 Å². The lowest BCUT2D eigenvalue weighted by molar-refractivity contribution is 0.102. The molecule has 1 heterocycles. The molecule has 1 aliphatic rings. The molecule has 0 aromatic heterocycles. The molecule has 1 fully saturated rings. The van der Waals surface area contributed by atoms with Crippen LogP contribution >= 0.6 is 0 Å². The highest BCUT2D eigenvalue weighted by atomic mass is 16.5. The van der Waals surface area contributed by atoms with Crippen LogP contribution in [0.4, 0.5) is 0 Å². The summed E-state index contributed by atoms with van der Waals surface area (Å²) in [5, 5.41) is 3.46. The maximum Gasteiger partial charge on any atom is 0.0576 e. The normalized spacial score (nSPS) is 23.2. The van der Waals surface area contributed by atoms with E-state index in [1.807, 2.05) is 0 Å². The molecule has 2 atom stereocenters. The zero-order valence-corrected chi connectivity index (χ0v) is 10.1. The highest BCUT2D eigenvalue weighted by Crippen LogP contribution is 2.16. The predicted molar refractivity (Wildman–Crippen MR) is 62.1 cm³/mol. The van der Waals surface area contributed by atoms with Gasteiger partial charge in [0.05, 0.1) is 6.10 Å². The molecule has 0 amide bonds. The van der Waals surface area contributed by atoms with Gasteiger partial charge in [-0.25, -0.2) is 0 Å². The highest BCUT2D eigenvalue weighted by Gasteiger charge is 2.14. The first-order chi connectivity index (χ1) is 7.33. The van der Waals surface area contributed by atoms with Crippen LogP contribution < -0.4 is 5.32 Å². The first-order valence-electron chi connectivity index (χ1n) is 6.14. The summed E-state index contributed by atoms with van der Waals surface area (Å²) in [4.78, 5) is 0. The first kappa shape index (κ1) is 12.9. The van der Waals surface area contributed by atoms with Crippen LogP contribution in [0.2, 0.25) is 0 Å². The Balaban J connectivity index is 1.84. The molecule has 2 unspecified atom stereocenters. The molecule has 0 saturated carbocycles. The maximum absolute atomic E-state index is 5.57. The second-order valence-electron chi connectivity index (χ2n) is 4.54. The van der Waals surface area contributed by atoms with E-state index < -0.39 is 0 Å². The SMILES string of the molecule is COCC(C)CNCCCC1CCCO1. The highest BCUT2D eigenvalue weighted by molar-refractivity contribution is 4.65. The molecule has 0 radical (unpaired) electrons. The largest absolute Gasteiger partial charge is 0.384 e. The summed E-state index contributed by atoms with van der Waals surface area (Å²) in [6.45, 7) is 6.19. The number of nitrogens with one attached hydrogen (secondary N) is 1. The van der Waals surface area contributed by atoms with E-state index in [0.717, 1.165) is 26.3 Å². The Hall–Kier alpha value is -0.120. The van der Waals surface area contributed by atoms with Gasteiger partial charge in [0.1, 0.15) is 0 Å². The van der Waals surface area contributed by atoms with Gasteiger partial charge in [-0.2, -0.15) is 0 Å². The fourth-order valence-corrected chi connectivity index (χ4v) is 2.02. The molecule has 1 aliphatic heterocycles. The van der Waals surface area contributed by atoms with Gasteiger partial charge < -0.3 is 14.8 Å². The van der Waals surface area contributed by atoms with Gasteiger partial charge in [-0.1, -0.05) is 6.92 Å². The average Bonchev–Trinajstić information content (AvgIpc) is 2.70. The van der Waals surface area contributed by atoms with E-state index in [4.69, 9.17) is 9.47 Å². The molecule has 15 heavy (non-hydrogen) atoms. The summed E-state index contributed by atoms with van der Waals surface area (Å²) in [7, 11) is 1.76. The lowest BCUT2D eigenvalue weighted by Crippen LogP contribution is -2.25. The Bertz CT molecular complexity index is 147. The molecular weight excluding hydrogens is 190 g/mol. The van der Waals surface area contributed by atoms with Crippen molar-refractivity contribution in [3.8, 4) is 0 Å². The number of hydrogen-bond acceptors (Lipinski definition) is 3. The molecule has 0 bridgehead atoms. The van der Waals surface area contributed by atoms with Crippen molar-refractivity contribution in [1.29, 1.82) is 0 Å². The van der Waals surface area contributed by atoms with Crippen LogP contribution in [0.3, 0.4) is 0 Å². The number of ether oxygens (including phenoxy) is 2. The number of hydrogen-bond donors (Lipinski definition) is 1. The summed E-state index contributed by atoms with van der Waals surface area (Å²) in [6.07, 6.45) is 5.50. The summed E-state index contributed by atoms with van der Waals surface area (Å²) in [5.41, 5.74) is 0. The van der Waals surface area contributed by atoms with Crippen LogP contribution in [0.25, 0.3) is 0 Å². The van der Waals surface area contributed by atoms with Gasteiger partial charge in [-0.3, -0.25) is 0 Å². The molecule has 1 rings (SSSR count). The Labute approximate surface area is 93.5 Å². The molecule has 0 aliphatic carbocycles. The van der Waals surface area contributed by atoms with Crippen LogP contribution in [0.15, 0.2) is 0 Å². The number of methoxy groups -OCH3 is 1. The van der Waals surface area contributed by atoms with Crippen molar-refractivity contribution in [2.24, 2.45) is 5.92 Å². The third-order valence-electron chi connectivity index (χ3n) is 2.85. The van der Waals surface area contributed by atoms with Gasteiger partial charge >= 0.3 is 0 Å². The molecule has 1 N–H and O–H groups in total. The third-order valence-corrected chi connectivity index (χ3v) is 2.85. The monoisotopic (exact) mass is 215 g/mol. The quantitative estimate of drug-likeness (QED) is 0.626. The van der Waals surface area contributed by atoms with Gasteiger partial charge in [0, 0.05) is 20.3 Å². The minimum absolute atomic E-state index is 0.545. The van der Waals surface area contributed by atoms with Crippen molar-refractivity contribution < 1.29 is 9.47 Å². The lowest BCUT2D eigenvalue weighted by Gasteiger charge is -2.12. The van der Waals surface area contributed by atoms with Crippen molar-refractivity contribution in [3.63, 3.8) is 0 Å². The van der Waals surface area contributed by atoms with Crippen LogP contribution in [-0.2, 0) is 9.47 Å². The third kappa shape index (κ3) is 6.13. The number of rotatable bonds is 8. The second kappa shape index (κ2) is 8.08. The molecular formula is C12H25NO2. The van der Waals surface area contributed by atoms with Crippen LogP contribution in [0.1, 0.15) is 32.6 Å². The van der Waals surface area contributed by atoms with E-state index in [1.165, 1.54) is 25.7 Å². The Morgan fingerprint density at radius 1 is 1.53 bits per heavy atom. The molecule has 0 aromatic carbocycles. The standard InChI is InChI=1S/C12H25NO2/c1-11(10-14-2)9-13-7-3-5-12-6-4-8-15-12/h11-13H,3-10H2,1-2H3. The van der Waals surface area contributed by atoms with Crippen molar-refractivity contribution in [2.45, 2.75) is 38.7 Å². The van der Waals surface area contributed by atoms with Gasteiger partial charge in [0.15, 0.2) is 0 Å². The van der Waals surface area contributed by atoms with E-state index in [1.54, 1.807) is 7.11 Å². The van der Waals surface area contributed by atoms with E-state index >= 15 is 0 Å². The molecule has 90 valence electrons. The lowest BCUT2D eigenvalue weighted by atomic mass is 10.1. The Kier molecular flexibility index (Phi) is 6.98. The minimum Gasteiger partial charge on any atom is -0.384 e. The molecule has 3 nitrogen and oxygen atoms in total. The van der Waals surface area contributed by atoms with E-state index in [-0.39, 0.29) is 0 Å². The first-order valence-corrected chi connectivity index (χ1v) is 6.14. The average molecular weight is 215 g/mol. The van der Waals surface area contributed by atoms with Crippen LogP contribution in [0, 0.1) is 5.92 Å². The van der Waals surface area contributed by atoms with Crippen molar-refractivity contribution in [3.05, 3.63) is 0 Å². The molecule has 3 heteroatoms. The zero-order chi connectivity index (χ0) is 10.9. The van der Waals surface area contributed by atoms with Crippen LogP contribution in [-0.4, -0.2) is 39.5 Å². The molecule has 1 saturated heterocycles. The summed E-state index contributed by atoms with van der Waals surface area (Å²) < 4.78 is 10.7.